The van der Waals surface area contributed by atoms with Crippen LogP contribution in [0.3, 0.4) is 0 Å². The Bertz CT molecular complexity index is 781. The molecule has 1 aliphatic rings. The van der Waals surface area contributed by atoms with Gasteiger partial charge in [-0.05, 0) is 54.5 Å². The Kier molecular flexibility index (Phi) is 8.26. The first kappa shape index (κ1) is 22.3. The maximum atomic E-state index is 6.10. The minimum Gasteiger partial charge on any atom is -0.490 e. The van der Waals surface area contributed by atoms with Crippen LogP contribution in [0.2, 0.25) is 0 Å². The van der Waals surface area contributed by atoms with Crippen LogP contribution in [0.4, 0.5) is 0 Å². The van der Waals surface area contributed by atoms with Crippen LogP contribution >= 0.6 is 0 Å². The van der Waals surface area contributed by atoms with E-state index in [4.69, 9.17) is 23.7 Å². The molecule has 1 aliphatic heterocycles. The summed E-state index contributed by atoms with van der Waals surface area (Å²) in [6, 6.07) is 14.0. The van der Waals surface area contributed by atoms with E-state index >= 15 is 0 Å². The lowest BCUT2D eigenvalue weighted by atomic mass is 9.87. The van der Waals surface area contributed by atoms with Crippen molar-refractivity contribution in [3.63, 3.8) is 0 Å². The van der Waals surface area contributed by atoms with Gasteiger partial charge in [-0.15, -0.1) is 0 Å². The first-order valence-corrected chi connectivity index (χ1v) is 10.9. The topological polar surface area (TPSA) is 46.2 Å². The largest absolute Gasteiger partial charge is 0.490 e. The van der Waals surface area contributed by atoms with Crippen molar-refractivity contribution in [1.29, 1.82) is 0 Å². The average Bonchev–Trinajstić information content (AvgIpc) is 2.72. The van der Waals surface area contributed by atoms with Crippen molar-refractivity contribution < 1.29 is 23.7 Å². The highest BCUT2D eigenvalue weighted by atomic mass is 16.6. The van der Waals surface area contributed by atoms with Crippen LogP contribution in [0.15, 0.2) is 42.5 Å². The van der Waals surface area contributed by atoms with Crippen molar-refractivity contribution in [2.24, 2.45) is 0 Å². The number of rotatable bonds is 0. The van der Waals surface area contributed by atoms with Gasteiger partial charge in [-0.25, -0.2) is 0 Å². The molecule has 0 unspecified atom stereocenters. The SMILES string of the molecule is CC(C)(C)c1ccc2c(c1)OCCCCCOc1ccccc1OCCOCCO2. The zero-order valence-corrected chi connectivity index (χ0v) is 18.4. The van der Waals surface area contributed by atoms with Gasteiger partial charge in [-0.1, -0.05) is 39.0 Å². The van der Waals surface area contributed by atoms with Gasteiger partial charge in [0.05, 0.1) is 26.4 Å². The van der Waals surface area contributed by atoms with E-state index in [9.17, 15) is 0 Å². The Morgan fingerprint density at radius 3 is 1.70 bits per heavy atom. The molecule has 0 amide bonds. The highest BCUT2D eigenvalue weighted by molar-refractivity contribution is 5.45. The molecule has 0 atom stereocenters. The standard InChI is InChI=1S/C25H34O5/c1-25(2,3)20-11-12-23-24(19-20)28-14-8-4-7-13-27-21-9-5-6-10-22(21)29-17-15-26-16-18-30-23/h5-6,9-12,19H,4,7-8,13-18H2,1-3H3. The second-order valence-corrected chi connectivity index (χ2v) is 8.43. The average molecular weight is 415 g/mol. The molecule has 2 aromatic carbocycles. The number of fused-ring (bicyclic) bond motifs is 2. The van der Waals surface area contributed by atoms with Gasteiger partial charge in [0, 0.05) is 0 Å². The molecule has 0 radical (unpaired) electrons. The van der Waals surface area contributed by atoms with E-state index in [1.54, 1.807) is 0 Å². The van der Waals surface area contributed by atoms with Crippen molar-refractivity contribution >= 4 is 0 Å². The molecule has 0 aromatic heterocycles. The van der Waals surface area contributed by atoms with E-state index in [0.717, 1.165) is 42.3 Å². The number of hydrogen-bond donors (Lipinski definition) is 0. The maximum Gasteiger partial charge on any atom is 0.161 e. The second kappa shape index (κ2) is 11.1. The first-order valence-electron chi connectivity index (χ1n) is 10.9. The first-order chi connectivity index (χ1) is 14.5. The Hall–Kier alpha value is -2.40. The Morgan fingerprint density at radius 1 is 0.567 bits per heavy atom. The molecule has 0 bridgehead atoms. The van der Waals surface area contributed by atoms with Crippen LogP contribution in [-0.2, 0) is 10.2 Å². The van der Waals surface area contributed by atoms with Gasteiger partial charge in [0.1, 0.15) is 13.2 Å². The predicted molar refractivity (Wildman–Crippen MR) is 118 cm³/mol. The van der Waals surface area contributed by atoms with E-state index in [2.05, 4.69) is 32.9 Å². The molecule has 0 saturated heterocycles. The molecule has 0 saturated carbocycles. The summed E-state index contributed by atoms with van der Waals surface area (Å²) in [6.07, 6.45) is 2.96. The van der Waals surface area contributed by atoms with Crippen LogP contribution in [0.25, 0.3) is 0 Å². The highest BCUT2D eigenvalue weighted by Crippen LogP contribution is 2.33. The quantitative estimate of drug-likeness (QED) is 0.578. The summed E-state index contributed by atoms with van der Waals surface area (Å²) in [5.74, 6) is 3.10. The van der Waals surface area contributed by atoms with Gasteiger partial charge in [0.2, 0.25) is 0 Å². The molecular weight excluding hydrogens is 380 g/mol. The molecule has 30 heavy (non-hydrogen) atoms. The molecular formula is C25H34O5. The highest BCUT2D eigenvalue weighted by Gasteiger charge is 2.17. The van der Waals surface area contributed by atoms with Crippen LogP contribution in [0, 0.1) is 0 Å². The third-order valence-corrected chi connectivity index (χ3v) is 4.93. The molecule has 0 fully saturated rings. The lowest BCUT2D eigenvalue weighted by Crippen LogP contribution is -2.14. The lowest BCUT2D eigenvalue weighted by Gasteiger charge is -2.21. The fraction of sp³-hybridized carbons (Fsp3) is 0.520. The van der Waals surface area contributed by atoms with Crippen molar-refractivity contribution in [3.8, 4) is 23.0 Å². The fourth-order valence-electron chi connectivity index (χ4n) is 3.16. The predicted octanol–water partition coefficient (Wildman–Crippen LogP) is 5.40. The number of ether oxygens (including phenoxy) is 5. The minimum absolute atomic E-state index is 0.0567. The van der Waals surface area contributed by atoms with Gasteiger partial charge >= 0.3 is 0 Å². The summed E-state index contributed by atoms with van der Waals surface area (Å²) in [7, 11) is 0. The molecule has 164 valence electrons. The Morgan fingerprint density at radius 2 is 1.10 bits per heavy atom. The van der Waals surface area contributed by atoms with Crippen molar-refractivity contribution in [3.05, 3.63) is 48.0 Å². The van der Waals surface area contributed by atoms with Gasteiger partial charge in [-0.2, -0.15) is 0 Å². The third-order valence-electron chi connectivity index (χ3n) is 4.93. The van der Waals surface area contributed by atoms with E-state index < -0.39 is 0 Å². The molecule has 3 rings (SSSR count). The minimum atomic E-state index is 0.0567. The molecule has 1 heterocycles. The van der Waals surface area contributed by atoms with Crippen molar-refractivity contribution in [2.45, 2.75) is 45.4 Å². The molecule has 2 aromatic rings. The zero-order valence-electron chi connectivity index (χ0n) is 18.4. The van der Waals surface area contributed by atoms with Gasteiger partial charge in [0.15, 0.2) is 23.0 Å². The van der Waals surface area contributed by atoms with Crippen LogP contribution in [0.1, 0.15) is 45.6 Å². The molecule has 0 spiro atoms. The smallest absolute Gasteiger partial charge is 0.161 e. The normalized spacial score (nSPS) is 16.9. The summed E-state index contributed by atoms with van der Waals surface area (Å²) in [6.45, 7) is 9.82. The van der Waals surface area contributed by atoms with E-state index in [1.807, 2.05) is 30.3 Å². The monoisotopic (exact) mass is 414 g/mol. The molecule has 5 nitrogen and oxygen atoms in total. The number of benzene rings is 2. The van der Waals surface area contributed by atoms with Gasteiger partial charge in [0.25, 0.3) is 0 Å². The molecule has 5 heteroatoms. The zero-order chi connectivity index (χ0) is 21.2. The van der Waals surface area contributed by atoms with Crippen LogP contribution in [-0.4, -0.2) is 39.6 Å². The maximum absolute atomic E-state index is 6.10. The summed E-state index contributed by atoms with van der Waals surface area (Å²) in [4.78, 5) is 0. The van der Waals surface area contributed by atoms with Crippen LogP contribution < -0.4 is 18.9 Å². The van der Waals surface area contributed by atoms with Crippen LogP contribution in [0.5, 0.6) is 23.0 Å². The summed E-state index contributed by atoms with van der Waals surface area (Å²) >= 11 is 0. The Labute approximate surface area is 180 Å². The lowest BCUT2D eigenvalue weighted by molar-refractivity contribution is 0.0744. The summed E-state index contributed by atoms with van der Waals surface area (Å²) < 4.78 is 29.4. The van der Waals surface area contributed by atoms with Crippen molar-refractivity contribution in [2.75, 3.05) is 39.6 Å². The van der Waals surface area contributed by atoms with E-state index in [-0.39, 0.29) is 5.41 Å². The third kappa shape index (κ3) is 6.84. The van der Waals surface area contributed by atoms with Crippen molar-refractivity contribution in [1.82, 2.24) is 0 Å². The summed E-state index contributed by atoms with van der Waals surface area (Å²) in [5, 5.41) is 0. The molecule has 0 aliphatic carbocycles. The van der Waals surface area contributed by atoms with Gasteiger partial charge < -0.3 is 23.7 Å². The molecule has 0 N–H and O–H groups in total. The van der Waals surface area contributed by atoms with Gasteiger partial charge in [-0.3, -0.25) is 0 Å². The Balaban J connectivity index is 1.63. The fourth-order valence-corrected chi connectivity index (χ4v) is 3.16. The number of hydrogen-bond acceptors (Lipinski definition) is 5. The van der Waals surface area contributed by atoms with E-state index in [1.165, 1.54) is 5.56 Å². The summed E-state index contributed by atoms with van der Waals surface area (Å²) in [5.41, 5.74) is 1.29. The number of para-hydroxylation sites is 2. The van der Waals surface area contributed by atoms with E-state index in [0.29, 0.717) is 39.6 Å². The second-order valence-electron chi connectivity index (χ2n) is 8.43.